The van der Waals surface area contributed by atoms with Gasteiger partial charge in [0.15, 0.2) is 0 Å². The highest BCUT2D eigenvalue weighted by molar-refractivity contribution is 7.80. The van der Waals surface area contributed by atoms with Gasteiger partial charge in [0, 0.05) is 0 Å². The monoisotopic (exact) mass is 266 g/mol. The van der Waals surface area contributed by atoms with Crippen molar-refractivity contribution in [1.82, 2.24) is 5.32 Å². The number of carbonyl (C=O) groups excluding carboxylic acids is 1. The first-order valence-electron chi connectivity index (χ1n) is 5.74. The van der Waals surface area contributed by atoms with E-state index in [1.807, 2.05) is 32.0 Å². The molecule has 0 unspecified atom stereocenters. The summed E-state index contributed by atoms with van der Waals surface area (Å²) in [7, 11) is 0. The third kappa shape index (κ3) is 4.71. The van der Waals surface area contributed by atoms with Gasteiger partial charge in [-0.1, -0.05) is 30.4 Å². The average Bonchev–Trinajstić information content (AvgIpc) is 2.30. The number of ether oxygens (including phenoxy) is 1. The number of nitrogens with two attached hydrogens (primary N) is 1. The highest BCUT2D eigenvalue weighted by atomic mass is 32.1. The fourth-order valence-corrected chi connectivity index (χ4v) is 1.62. The van der Waals surface area contributed by atoms with Crippen molar-refractivity contribution >= 4 is 23.1 Å². The summed E-state index contributed by atoms with van der Waals surface area (Å²) in [6.45, 7) is 4.54. The summed E-state index contributed by atoms with van der Waals surface area (Å²) in [4.78, 5) is 11.7. The molecule has 0 aromatic heterocycles. The Morgan fingerprint density at radius 1 is 1.39 bits per heavy atom. The van der Waals surface area contributed by atoms with Gasteiger partial charge in [-0.2, -0.15) is 0 Å². The lowest BCUT2D eigenvalue weighted by molar-refractivity contribution is -0.121. The van der Waals surface area contributed by atoms with Crippen LogP contribution in [0.4, 0.5) is 0 Å². The third-order valence-corrected chi connectivity index (χ3v) is 2.59. The van der Waals surface area contributed by atoms with Crippen LogP contribution in [0, 0.1) is 13.8 Å². The Morgan fingerprint density at radius 2 is 2.00 bits per heavy atom. The largest absolute Gasteiger partial charge is 0.493 e. The van der Waals surface area contributed by atoms with E-state index >= 15 is 0 Å². The van der Waals surface area contributed by atoms with Crippen molar-refractivity contribution in [3.63, 3.8) is 0 Å². The Balaban J connectivity index is 2.38. The van der Waals surface area contributed by atoms with Gasteiger partial charge in [-0.05, 0) is 25.0 Å². The standard InChI is InChI=1S/C13H18N2O2S/c1-9-4-3-5-10(2)13(9)17-7-6-12(16)15-8-11(14)18/h3-5H,6-8H2,1-2H3,(H2,14,18)(H,15,16). The summed E-state index contributed by atoms with van der Waals surface area (Å²) in [6.07, 6.45) is 0.288. The van der Waals surface area contributed by atoms with Crippen molar-refractivity contribution in [1.29, 1.82) is 0 Å². The van der Waals surface area contributed by atoms with Crippen molar-refractivity contribution in [2.45, 2.75) is 20.3 Å². The van der Waals surface area contributed by atoms with Crippen molar-refractivity contribution < 1.29 is 9.53 Å². The highest BCUT2D eigenvalue weighted by Gasteiger charge is 2.05. The molecule has 0 aliphatic rings. The zero-order valence-corrected chi connectivity index (χ0v) is 11.5. The third-order valence-electron chi connectivity index (χ3n) is 2.44. The zero-order valence-electron chi connectivity index (χ0n) is 10.7. The van der Waals surface area contributed by atoms with Crippen LogP contribution in [-0.2, 0) is 4.79 Å². The summed E-state index contributed by atoms with van der Waals surface area (Å²) in [5.74, 6) is 0.730. The Labute approximate surface area is 113 Å². The van der Waals surface area contributed by atoms with E-state index in [4.69, 9.17) is 10.5 Å². The van der Waals surface area contributed by atoms with E-state index in [0.29, 0.717) is 6.61 Å². The molecule has 4 nitrogen and oxygen atoms in total. The summed E-state index contributed by atoms with van der Waals surface area (Å²) >= 11 is 4.67. The van der Waals surface area contributed by atoms with Crippen LogP contribution >= 0.6 is 12.2 Å². The molecule has 1 amide bonds. The van der Waals surface area contributed by atoms with Gasteiger partial charge in [0.25, 0.3) is 0 Å². The number of para-hydroxylation sites is 1. The SMILES string of the molecule is Cc1cccc(C)c1OCCC(=O)NCC(N)=S. The van der Waals surface area contributed by atoms with Crippen molar-refractivity contribution in [3.05, 3.63) is 29.3 Å². The van der Waals surface area contributed by atoms with Crippen molar-refractivity contribution in [3.8, 4) is 5.75 Å². The summed E-state index contributed by atoms with van der Waals surface area (Å²) in [5.41, 5.74) is 7.42. The Kier molecular flexibility index (Phi) is 5.58. The van der Waals surface area contributed by atoms with Gasteiger partial charge in [-0.3, -0.25) is 4.79 Å². The molecule has 1 rings (SSSR count). The number of nitrogens with one attached hydrogen (secondary N) is 1. The molecule has 0 heterocycles. The summed E-state index contributed by atoms with van der Waals surface area (Å²) in [5, 5.41) is 2.61. The zero-order chi connectivity index (χ0) is 13.5. The molecule has 0 fully saturated rings. The molecule has 0 bridgehead atoms. The van der Waals surface area contributed by atoms with E-state index in [1.165, 1.54) is 0 Å². The van der Waals surface area contributed by atoms with Crippen LogP contribution in [0.5, 0.6) is 5.75 Å². The van der Waals surface area contributed by atoms with E-state index in [2.05, 4.69) is 17.5 Å². The minimum Gasteiger partial charge on any atom is -0.493 e. The molecule has 0 aliphatic heterocycles. The molecule has 0 atom stereocenters. The van der Waals surface area contributed by atoms with E-state index in [9.17, 15) is 4.79 Å². The average molecular weight is 266 g/mol. The number of thiocarbonyl (C=S) groups is 1. The lowest BCUT2D eigenvalue weighted by atomic mass is 10.1. The first-order chi connectivity index (χ1) is 8.50. The molecule has 18 heavy (non-hydrogen) atoms. The lowest BCUT2D eigenvalue weighted by Crippen LogP contribution is -2.32. The number of hydrogen-bond acceptors (Lipinski definition) is 3. The van der Waals surface area contributed by atoms with E-state index in [-0.39, 0.29) is 23.9 Å². The Morgan fingerprint density at radius 3 is 2.56 bits per heavy atom. The predicted molar refractivity (Wildman–Crippen MR) is 75.8 cm³/mol. The van der Waals surface area contributed by atoms with Gasteiger partial charge in [-0.15, -0.1) is 0 Å². The number of benzene rings is 1. The summed E-state index contributed by atoms with van der Waals surface area (Å²) in [6, 6.07) is 5.94. The van der Waals surface area contributed by atoms with Crippen molar-refractivity contribution in [2.75, 3.05) is 13.2 Å². The normalized spacial score (nSPS) is 9.89. The molecule has 3 N–H and O–H groups in total. The number of rotatable bonds is 6. The van der Waals surface area contributed by atoms with E-state index in [1.54, 1.807) is 0 Å². The summed E-state index contributed by atoms with van der Waals surface area (Å²) < 4.78 is 5.62. The second-order valence-corrected chi connectivity index (χ2v) is 4.59. The van der Waals surface area contributed by atoms with Gasteiger partial charge >= 0.3 is 0 Å². The molecule has 0 spiro atoms. The van der Waals surface area contributed by atoms with Crippen LogP contribution in [-0.4, -0.2) is 24.0 Å². The van der Waals surface area contributed by atoms with E-state index < -0.39 is 0 Å². The molecule has 1 aromatic rings. The molecule has 98 valence electrons. The lowest BCUT2D eigenvalue weighted by Gasteiger charge is -2.11. The number of hydrogen-bond donors (Lipinski definition) is 2. The maximum absolute atomic E-state index is 11.4. The molecule has 0 saturated carbocycles. The number of carbonyl (C=O) groups is 1. The topological polar surface area (TPSA) is 64.3 Å². The minimum atomic E-state index is -0.117. The second-order valence-electron chi connectivity index (χ2n) is 4.06. The Hall–Kier alpha value is -1.62. The van der Waals surface area contributed by atoms with Gasteiger partial charge < -0.3 is 15.8 Å². The van der Waals surface area contributed by atoms with E-state index in [0.717, 1.165) is 16.9 Å². The van der Waals surface area contributed by atoms with Crippen LogP contribution in [0.2, 0.25) is 0 Å². The number of amides is 1. The number of aryl methyl sites for hydroxylation is 2. The Bertz CT molecular complexity index is 426. The molecular weight excluding hydrogens is 248 g/mol. The molecule has 0 aliphatic carbocycles. The van der Waals surface area contributed by atoms with Crippen LogP contribution in [0.1, 0.15) is 17.5 Å². The molecule has 5 heteroatoms. The van der Waals surface area contributed by atoms with Gasteiger partial charge in [0.05, 0.1) is 24.6 Å². The van der Waals surface area contributed by atoms with Crippen LogP contribution in [0.25, 0.3) is 0 Å². The van der Waals surface area contributed by atoms with Crippen molar-refractivity contribution in [2.24, 2.45) is 5.73 Å². The van der Waals surface area contributed by atoms with Crippen LogP contribution < -0.4 is 15.8 Å². The van der Waals surface area contributed by atoms with Crippen LogP contribution in [0.3, 0.4) is 0 Å². The smallest absolute Gasteiger partial charge is 0.223 e. The van der Waals surface area contributed by atoms with Gasteiger partial charge in [-0.25, -0.2) is 0 Å². The fourth-order valence-electron chi connectivity index (χ4n) is 1.55. The fraction of sp³-hybridized carbons (Fsp3) is 0.385. The van der Waals surface area contributed by atoms with Crippen LogP contribution in [0.15, 0.2) is 18.2 Å². The molecular formula is C13H18N2O2S. The molecule has 0 radical (unpaired) electrons. The second kappa shape index (κ2) is 6.96. The predicted octanol–water partition coefficient (Wildman–Crippen LogP) is 1.47. The maximum Gasteiger partial charge on any atom is 0.223 e. The van der Waals surface area contributed by atoms with Gasteiger partial charge in [0.1, 0.15) is 5.75 Å². The molecule has 1 aromatic carbocycles. The first-order valence-corrected chi connectivity index (χ1v) is 6.15. The van der Waals surface area contributed by atoms with Gasteiger partial charge in [0.2, 0.25) is 5.91 Å². The molecule has 0 saturated heterocycles. The quantitative estimate of drug-likeness (QED) is 0.765. The minimum absolute atomic E-state index is 0.117. The maximum atomic E-state index is 11.4. The highest BCUT2D eigenvalue weighted by Crippen LogP contribution is 2.22. The first kappa shape index (κ1) is 14.4.